The van der Waals surface area contributed by atoms with Crippen LogP contribution in [0.15, 0.2) is 16.9 Å². The summed E-state index contributed by atoms with van der Waals surface area (Å²) in [5.74, 6) is 0. The van der Waals surface area contributed by atoms with Gasteiger partial charge in [0.2, 0.25) is 0 Å². The molecule has 1 saturated heterocycles. The fourth-order valence-corrected chi connectivity index (χ4v) is 1.55. The van der Waals surface area contributed by atoms with E-state index in [4.69, 9.17) is 4.74 Å². The smallest absolute Gasteiger partial charge is 0.128 e. The monoisotopic (exact) mass is 216 g/mol. The van der Waals surface area contributed by atoms with Crippen LogP contribution in [0.25, 0.3) is 0 Å². The van der Waals surface area contributed by atoms with Crippen molar-refractivity contribution in [3.63, 3.8) is 0 Å². The predicted octanol–water partition coefficient (Wildman–Crippen LogP) is 1.61. The molecule has 0 bridgehead atoms. The summed E-state index contributed by atoms with van der Waals surface area (Å²) in [6, 6.07) is 2.39. The highest BCUT2D eigenvalue weighted by Gasteiger charge is 2.17. The van der Waals surface area contributed by atoms with Gasteiger partial charge in [0.15, 0.2) is 0 Å². The second kappa shape index (κ2) is 2.95. The molecule has 1 fully saturated rings. The molecule has 60 valence electrons. The minimum absolute atomic E-state index is 0.446. The highest BCUT2D eigenvalue weighted by atomic mass is 79.9. The van der Waals surface area contributed by atoms with Crippen molar-refractivity contribution in [1.82, 2.24) is 9.78 Å². The summed E-state index contributed by atoms with van der Waals surface area (Å²) in [5, 5.41) is 4.25. The van der Waals surface area contributed by atoms with Crippen molar-refractivity contribution in [3.8, 4) is 0 Å². The summed E-state index contributed by atoms with van der Waals surface area (Å²) < 4.78 is 8.09. The Morgan fingerprint density at radius 1 is 1.73 bits per heavy atom. The second-order valence-corrected chi connectivity index (χ2v) is 3.45. The topological polar surface area (TPSA) is 27.1 Å². The maximum absolute atomic E-state index is 5.24. The molecule has 1 aromatic heterocycles. The van der Waals surface area contributed by atoms with Crippen molar-refractivity contribution < 1.29 is 4.74 Å². The Balaban J connectivity index is 2.15. The van der Waals surface area contributed by atoms with Gasteiger partial charge in [0.1, 0.15) is 4.60 Å². The molecule has 0 spiro atoms. The van der Waals surface area contributed by atoms with Crippen LogP contribution in [0.2, 0.25) is 0 Å². The first-order chi connectivity index (χ1) is 5.36. The molecule has 2 rings (SSSR count). The van der Waals surface area contributed by atoms with Crippen LogP contribution < -0.4 is 0 Å². The Hall–Kier alpha value is -0.350. The Labute approximate surface area is 73.5 Å². The fourth-order valence-electron chi connectivity index (χ4n) is 1.25. The van der Waals surface area contributed by atoms with E-state index < -0.39 is 0 Å². The van der Waals surface area contributed by atoms with Crippen molar-refractivity contribution in [1.29, 1.82) is 0 Å². The first kappa shape index (κ1) is 7.31. The zero-order valence-electron chi connectivity index (χ0n) is 6.03. The third-order valence-electron chi connectivity index (χ3n) is 1.86. The van der Waals surface area contributed by atoms with E-state index in [2.05, 4.69) is 21.0 Å². The largest absolute Gasteiger partial charge is 0.379 e. The van der Waals surface area contributed by atoms with E-state index in [9.17, 15) is 0 Å². The van der Waals surface area contributed by atoms with Gasteiger partial charge in [0.25, 0.3) is 0 Å². The van der Waals surface area contributed by atoms with Gasteiger partial charge in [-0.25, -0.2) is 0 Å². The van der Waals surface area contributed by atoms with Crippen LogP contribution in [0, 0.1) is 0 Å². The number of nitrogens with zero attached hydrogens (tertiary/aromatic N) is 2. The number of hydrogen-bond donors (Lipinski definition) is 0. The molecule has 1 aliphatic rings. The zero-order valence-corrected chi connectivity index (χ0v) is 7.62. The maximum atomic E-state index is 5.24. The third kappa shape index (κ3) is 1.46. The summed E-state index contributed by atoms with van der Waals surface area (Å²) in [6.45, 7) is 1.66. The van der Waals surface area contributed by atoms with Gasteiger partial charge in [0.05, 0.1) is 12.6 Å². The standard InChI is InChI=1S/C7H9BrN2O/c8-7-1-3-10(9-7)6-2-4-11-5-6/h1,3,6H,2,4-5H2. The molecule has 1 aromatic rings. The molecule has 1 unspecified atom stereocenters. The normalized spacial score (nSPS) is 24.3. The molecule has 0 radical (unpaired) electrons. The molecule has 11 heavy (non-hydrogen) atoms. The summed E-state index contributed by atoms with van der Waals surface area (Å²) in [4.78, 5) is 0. The maximum Gasteiger partial charge on any atom is 0.128 e. The van der Waals surface area contributed by atoms with Gasteiger partial charge in [-0.3, -0.25) is 4.68 Å². The summed E-state index contributed by atoms with van der Waals surface area (Å²) in [5.41, 5.74) is 0. The summed E-state index contributed by atoms with van der Waals surface area (Å²) in [6.07, 6.45) is 3.05. The highest BCUT2D eigenvalue weighted by Crippen LogP contribution is 2.18. The lowest BCUT2D eigenvalue weighted by Gasteiger charge is -2.06. The van der Waals surface area contributed by atoms with E-state index in [-0.39, 0.29) is 0 Å². The molecule has 0 amide bonds. The van der Waals surface area contributed by atoms with E-state index in [0.717, 1.165) is 24.2 Å². The molecule has 0 saturated carbocycles. The summed E-state index contributed by atoms with van der Waals surface area (Å²) in [7, 11) is 0. The van der Waals surface area contributed by atoms with Gasteiger partial charge in [-0.2, -0.15) is 5.10 Å². The Kier molecular flexibility index (Phi) is 1.96. The molecule has 1 atom stereocenters. The van der Waals surface area contributed by atoms with E-state index in [1.165, 1.54) is 0 Å². The number of rotatable bonds is 1. The van der Waals surface area contributed by atoms with Gasteiger partial charge < -0.3 is 4.74 Å². The van der Waals surface area contributed by atoms with Gasteiger partial charge >= 0.3 is 0 Å². The fraction of sp³-hybridized carbons (Fsp3) is 0.571. The van der Waals surface area contributed by atoms with Crippen LogP contribution in [0.5, 0.6) is 0 Å². The highest BCUT2D eigenvalue weighted by molar-refractivity contribution is 9.10. The molecule has 0 N–H and O–H groups in total. The lowest BCUT2D eigenvalue weighted by Crippen LogP contribution is -2.08. The van der Waals surface area contributed by atoms with Gasteiger partial charge in [-0.1, -0.05) is 0 Å². The molecule has 1 aliphatic heterocycles. The minimum atomic E-state index is 0.446. The van der Waals surface area contributed by atoms with Crippen molar-refractivity contribution >= 4 is 15.9 Å². The van der Waals surface area contributed by atoms with Crippen LogP contribution in [0.4, 0.5) is 0 Å². The van der Waals surface area contributed by atoms with Gasteiger partial charge in [-0.15, -0.1) is 0 Å². The average Bonchev–Trinajstić information content (AvgIpc) is 2.55. The lowest BCUT2D eigenvalue weighted by molar-refractivity contribution is 0.184. The van der Waals surface area contributed by atoms with E-state index >= 15 is 0 Å². The van der Waals surface area contributed by atoms with Gasteiger partial charge in [0, 0.05) is 12.8 Å². The minimum Gasteiger partial charge on any atom is -0.379 e. The van der Waals surface area contributed by atoms with Crippen LogP contribution in [0.1, 0.15) is 12.5 Å². The van der Waals surface area contributed by atoms with E-state index in [1.807, 2.05) is 16.9 Å². The molecule has 0 aliphatic carbocycles. The zero-order chi connectivity index (χ0) is 7.68. The molecule has 0 aromatic carbocycles. The predicted molar refractivity (Wildman–Crippen MR) is 44.4 cm³/mol. The lowest BCUT2D eigenvalue weighted by atomic mass is 10.3. The Morgan fingerprint density at radius 2 is 2.64 bits per heavy atom. The van der Waals surface area contributed by atoms with Gasteiger partial charge in [-0.05, 0) is 28.4 Å². The van der Waals surface area contributed by atoms with Crippen LogP contribution in [-0.4, -0.2) is 23.0 Å². The molecular formula is C7H9BrN2O. The number of ether oxygens (including phenoxy) is 1. The number of aromatic nitrogens is 2. The van der Waals surface area contributed by atoms with E-state index in [0.29, 0.717) is 6.04 Å². The molecular weight excluding hydrogens is 208 g/mol. The number of hydrogen-bond acceptors (Lipinski definition) is 2. The first-order valence-electron chi connectivity index (χ1n) is 3.64. The Bertz CT molecular complexity index is 242. The second-order valence-electron chi connectivity index (χ2n) is 2.64. The molecule has 4 heteroatoms. The van der Waals surface area contributed by atoms with E-state index in [1.54, 1.807) is 0 Å². The van der Waals surface area contributed by atoms with Crippen molar-refractivity contribution in [2.75, 3.05) is 13.2 Å². The Morgan fingerprint density at radius 3 is 3.18 bits per heavy atom. The number of halogens is 1. The SMILES string of the molecule is Brc1ccn(C2CCOC2)n1. The molecule has 3 nitrogen and oxygen atoms in total. The van der Waals surface area contributed by atoms with Crippen molar-refractivity contribution in [2.45, 2.75) is 12.5 Å². The summed E-state index contributed by atoms with van der Waals surface area (Å²) >= 11 is 3.31. The molecule has 2 heterocycles. The van der Waals surface area contributed by atoms with Crippen molar-refractivity contribution in [2.24, 2.45) is 0 Å². The average molecular weight is 217 g/mol. The van der Waals surface area contributed by atoms with Crippen LogP contribution in [0.3, 0.4) is 0 Å². The third-order valence-corrected chi connectivity index (χ3v) is 2.28. The first-order valence-corrected chi connectivity index (χ1v) is 4.44. The van der Waals surface area contributed by atoms with Crippen LogP contribution in [-0.2, 0) is 4.74 Å². The quantitative estimate of drug-likeness (QED) is 0.714. The van der Waals surface area contributed by atoms with Crippen LogP contribution >= 0.6 is 15.9 Å². The van der Waals surface area contributed by atoms with Crippen molar-refractivity contribution in [3.05, 3.63) is 16.9 Å².